The molecule has 0 bridgehead atoms. The number of benzene rings is 3. The number of rotatable bonds is 5. The molecular formula is C23H22O5S. The predicted octanol–water partition coefficient (Wildman–Crippen LogP) is 4.46. The van der Waals surface area contributed by atoms with Crippen LogP contribution in [-0.4, -0.2) is 21.1 Å². The highest BCUT2D eigenvalue weighted by Gasteiger charge is 2.47. The van der Waals surface area contributed by atoms with Crippen LogP contribution in [0.4, 0.5) is 0 Å². The Hall–Kier alpha value is -2.83. The normalized spacial score (nSPS) is 21.0. The molecule has 0 unspecified atom stereocenters. The predicted molar refractivity (Wildman–Crippen MR) is 110 cm³/mol. The summed E-state index contributed by atoms with van der Waals surface area (Å²) in [5.41, 5.74) is 0.632. The first-order chi connectivity index (χ1) is 13.9. The van der Waals surface area contributed by atoms with Crippen molar-refractivity contribution in [2.75, 3.05) is 6.61 Å². The van der Waals surface area contributed by atoms with E-state index in [-0.39, 0.29) is 11.5 Å². The van der Waals surface area contributed by atoms with Gasteiger partial charge in [0, 0.05) is 5.56 Å². The number of fused-ring (bicyclic) bond motifs is 1. The minimum Gasteiger partial charge on any atom is -0.482 e. The number of ether oxygens (including phenoxy) is 2. The molecule has 3 aromatic rings. The number of para-hydroxylation sites is 2. The molecule has 0 spiro atoms. The van der Waals surface area contributed by atoms with Crippen LogP contribution < -0.4 is 9.47 Å². The summed E-state index contributed by atoms with van der Waals surface area (Å²) in [5, 5.41) is 0. The number of hydrogen-bond acceptors (Lipinski definition) is 5. The van der Waals surface area contributed by atoms with E-state index in [1.807, 2.05) is 62.4 Å². The lowest BCUT2D eigenvalue weighted by atomic mass is 9.88. The second kappa shape index (κ2) is 7.54. The highest BCUT2D eigenvalue weighted by molar-refractivity contribution is 7.86. The third kappa shape index (κ3) is 3.73. The molecule has 5 nitrogen and oxygen atoms in total. The summed E-state index contributed by atoms with van der Waals surface area (Å²) in [6, 6.07) is 23.3. The average Bonchev–Trinajstić information content (AvgIpc) is 2.73. The van der Waals surface area contributed by atoms with Gasteiger partial charge in [0.2, 0.25) is 0 Å². The lowest BCUT2D eigenvalue weighted by Crippen LogP contribution is -2.52. The summed E-state index contributed by atoms with van der Waals surface area (Å²) in [4.78, 5) is 0.107. The molecule has 0 radical (unpaired) electrons. The van der Waals surface area contributed by atoms with Crippen LogP contribution in [-0.2, 0) is 19.9 Å². The standard InChI is InChI=1S/C23H22O5S/c1-17-12-14-20(15-13-17)29(24,25)26-16-23(19-8-4-3-5-9-19)18(2)27-21-10-6-7-11-22(21)28-23/h3-15,18H,16H2,1-2H3/t18-,23+/m1/s1. The topological polar surface area (TPSA) is 61.8 Å². The largest absolute Gasteiger partial charge is 0.482 e. The Morgan fingerprint density at radius 1 is 0.897 bits per heavy atom. The van der Waals surface area contributed by atoms with Crippen LogP contribution in [0.1, 0.15) is 18.1 Å². The Kier molecular flexibility index (Phi) is 5.06. The van der Waals surface area contributed by atoms with Gasteiger partial charge < -0.3 is 9.47 Å². The summed E-state index contributed by atoms with van der Waals surface area (Å²) in [6.07, 6.45) is -0.479. The van der Waals surface area contributed by atoms with Crippen molar-refractivity contribution < 1.29 is 22.1 Å². The Morgan fingerprint density at radius 3 is 2.21 bits per heavy atom. The molecule has 6 heteroatoms. The minimum atomic E-state index is -3.96. The second-order valence-corrected chi connectivity index (χ2v) is 8.71. The third-order valence-electron chi connectivity index (χ3n) is 5.10. The van der Waals surface area contributed by atoms with Crippen LogP contribution in [0.3, 0.4) is 0 Å². The van der Waals surface area contributed by atoms with Crippen LogP contribution in [0.5, 0.6) is 11.5 Å². The molecule has 0 saturated carbocycles. The van der Waals surface area contributed by atoms with E-state index in [0.29, 0.717) is 11.5 Å². The van der Waals surface area contributed by atoms with E-state index in [2.05, 4.69) is 0 Å². The summed E-state index contributed by atoms with van der Waals surface area (Å²) in [6.45, 7) is 3.53. The van der Waals surface area contributed by atoms with Crippen LogP contribution in [0, 0.1) is 6.92 Å². The van der Waals surface area contributed by atoms with Gasteiger partial charge in [-0.3, -0.25) is 4.18 Å². The molecule has 3 aromatic carbocycles. The van der Waals surface area contributed by atoms with Gasteiger partial charge in [-0.2, -0.15) is 8.42 Å². The van der Waals surface area contributed by atoms with Crippen LogP contribution in [0.15, 0.2) is 83.8 Å². The Bertz CT molecular complexity index is 1090. The van der Waals surface area contributed by atoms with E-state index in [1.54, 1.807) is 18.2 Å². The zero-order valence-electron chi connectivity index (χ0n) is 16.2. The molecule has 29 heavy (non-hydrogen) atoms. The minimum absolute atomic E-state index is 0.107. The third-order valence-corrected chi connectivity index (χ3v) is 6.38. The van der Waals surface area contributed by atoms with Gasteiger partial charge in [0.25, 0.3) is 10.1 Å². The summed E-state index contributed by atoms with van der Waals surface area (Å²) in [7, 11) is -3.96. The van der Waals surface area contributed by atoms with Crippen molar-refractivity contribution in [1.29, 1.82) is 0 Å². The first-order valence-electron chi connectivity index (χ1n) is 9.37. The van der Waals surface area contributed by atoms with E-state index >= 15 is 0 Å². The molecule has 0 fully saturated rings. The van der Waals surface area contributed by atoms with E-state index in [1.165, 1.54) is 12.1 Å². The Labute approximate surface area is 171 Å². The van der Waals surface area contributed by atoms with Crippen molar-refractivity contribution in [3.63, 3.8) is 0 Å². The van der Waals surface area contributed by atoms with E-state index < -0.39 is 21.8 Å². The molecule has 0 aromatic heterocycles. The highest BCUT2D eigenvalue weighted by Crippen LogP contribution is 2.43. The van der Waals surface area contributed by atoms with Gasteiger partial charge in [0.15, 0.2) is 17.1 Å². The molecule has 4 rings (SSSR count). The maximum absolute atomic E-state index is 12.8. The lowest BCUT2D eigenvalue weighted by Gasteiger charge is -2.42. The number of aryl methyl sites for hydroxylation is 1. The fraction of sp³-hybridized carbons (Fsp3) is 0.217. The average molecular weight is 410 g/mol. The summed E-state index contributed by atoms with van der Waals surface area (Å²) in [5.74, 6) is 1.17. The van der Waals surface area contributed by atoms with Gasteiger partial charge in [-0.15, -0.1) is 0 Å². The quantitative estimate of drug-likeness (QED) is 0.582. The summed E-state index contributed by atoms with van der Waals surface area (Å²) < 4.78 is 43.5. The molecule has 0 saturated heterocycles. The van der Waals surface area contributed by atoms with Gasteiger partial charge in [0.1, 0.15) is 12.7 Å². The Balaban J connectivity index is 1.70. The van der Waals surface area contributed by atoms with E-state index in [9.17, 15) is 8.42 Å². The second-order valence-electron chi connectivity index (χ2n) is 7.09. The molecule has 1 aliphatic rings. The van der Waals surface area contributed by atoms with E-state index in [0.717, 1.165) is 11.1 Å². The molecule has 2 atom stereocenters. The first-order valence-corrected chi connectivity index (χ1v) is 10.8. The zero-order valence-corrected chi connectivity index (χ0v) is 17.1. The number of hydrogen-bond donors (Lipinski definition) is 0. The van der Waals surface area contributed by atoms with Gasteiger partial charge in [0.05, 0.1) is 4.90 Å². The van der Waals surface area contributed by atoms with Crippen LogP contribution in [0.2, 0.25) is 0 Å². The zero-order chi connectivity index (χ0) is 20.5. The molecule has 0 aliphatic carbocycles. The van der Waals surface area contributed by atoms with Crippen molar-refractivity contribution in [1.82, 2.24) is 0 Å². The van der Waals surface area contributed by atoms with Crippen LogP contribution >= 0.6 is 0 Å². The Morgan fingerprint density at radius 2 is 1.52 bits per heavy atom. The maximum atomic E-state index is 12.8. The molecule has 0 amide bonds. The van der Waals surface area contributed by atoms with Gasteiger partial charge in [-0.1, -0.05) is 60.2 Å². The maximum Gasteiger partial charge on any atom is 0.297 e. The monoisotopic (exact) mass is 410 g/mol. The molecule has 0 N–H and O–H groups in total. The fourth-order valence-electron chi connectivity index (χ4n) is 3.38. The smallest absolute Gasteiger partial charge is 0.297 e. The SMILES string of the molecule is Cc1ccc(S(=O)(=O)OC[C@]2(c3ccccc3)Oc3ccccc3O[C@@H]2C)cc1. The molecule has 150 valence electrons. The molecule has 1 aliphatic heterocycles. The van der Waals surface area contributed by atoms with Crippen molar-refractivity contribution in [3.8, 4) is 11.5 Å². The summed E-state index contributed by atoms with van der Waals surface area (Å²) >= 11 is 0. The van der Waals surface area contributed by atoms with Crippen molar-refractivity contribution in [2.24, 2.45) is 0 Å². The van der Waals surface area contributed by atoms with Gasteiger partial charge >= 0.3 is 0 Å². The van der Waals surface area contributed by atoms with Crippen molar-refractivity contribution in [3.05, 3.63) is 90.0 Å². The van der Waals surface area contributed by atoms with Crippen molar-refractivity contribution in [2.45, 2.75) is 30.4 Å². The molecular weight excluding hydrogens is 388 g/mol. The van der Waals surface area contributed by atoms with E-state index in [4.69, 9.17) is 13.7 Å². The first kappa shape index (κ1) is 19.5. The fourth-order valence-corrected chi connectivity index (χ4v) is 4.31. The van der Waals surface area contributed by atoms with Crippen molar-refractivity contribution >= 4 is 10.1 Å². The van der Waals surface area contributed by atoms with Crippen LogP contribution in [0.25, 0.3) is 0 Å². The molecule has 1 heterocycles. The lowest BCUT2D eigenvalue weighted by molar-refractivity contribution is -0.0881. The van der Waals surface area contributed by atoms with Gasteiger partial charge in [-0.25, -0.2) is 0 Å². The highest BCUT2D eigenvalue weighted by atomic mass is 32.2. The van der Waals surface area contributed by atoms with Gasteiger partial charge in [-0.05, 0) is 38.1 Å².